The van der Waals surface area contributed by atoms with Crippen LogP contribution in [-0.4, -0.2) is 24.4 Å². The van der Waals surface area contributed by atoms with E-state index in [4.69, 9.17) is 17.3 Å². The Kier molecular flexibility index (Phi) is 3.97. The van der Waals surface area contributed by atoms with E-state index in [1.54, 1.807) is 30.1 Å². The standard InChI is InChI=1S/C11H15ClN2O/c1-3-7-14(2)11(15)8-5-4-6-9(13)10(8)12/h4-6H,3,7,13H2,1-2H3. The quantitative estimate of drug-likeness (QED) is 0.805. The van der Waals surface area contributed by atoms with E-state index in [-0.39, 0.29) is 5.91 Å². The van der Waals surface area contributed by atoms with Gasteiger partial charge >= 0.3 is 0 Å². The molecule has 1 rings (SSSR count). The van der Waals surface area contributed by atoms with E-state index in [1.165, 1.54) is 0 Å². The monoisotopic (exact) mass is 226 g/mol. The minimum atomic E-state index is -0.0887. The number of nitrogens with zero attached hydrogens (tertiary/aromatic N) is 1. The molecule has 0 aliphatic rings. The maximum atomic E-state index is 11.9. The zero-order valence-corrected chi connectivity index (χ0v) is 9.71. The topological polar surface area (TPSA) is 46.3 Å². The molecule has 1 aromatic carbocycles. The number of carbonyl (C=O) groups is 1. The molecule has 0 aromatic heterocycles. The summed E-state index contributed by atoms with van der Waals surface area (Å²) in [6.45, 7) is 2.73. The largest absolute Gasteiger partial charge is 0.398 e. The van der Waals surface area contributed by atoms with Crippen LogP contribution in [0.1, 0.15) is 23.7 Å². The average molecular weight is 227 g/mol. The van der Waals surface area contributed by atoms with Crippen molar-refractivity contribution in [1.82, 2.24) is 4.90 Å². The van der Waals surface area contributed by atoms with Crippen LogP contribution in [0.5, 0.6) is 0 Å². The summed E-state index contributed by atoms with van der Waals surface area (Å²) in [6.07, 6.45) is 0.919. The lowest BCUT2D eigenvalue weighted by Gasteiger charge is -2.17. The molecule has 0 saturated heterocycles. The van der Waals surface area contributed by atoms with Crippen LogP contribution < -0.4 is 5.73 Å². The average Bonchev–Trinajstić information content (AvgIpc) is 2.21. The first-order valence-corrected chi connectivity index (χ1v) is 5.25. The van der Waals surface area contributed by atoms with E-state index in [2.05, 4.69) is 0 Å². The van der Waals surface area contributed by atoms with Crippen LogP contribution in [0.4, 0.5) is 5.69 Å². The van der Waals surface area contributed by atoms with E-state index >= 15 is 0 Å². The highest BCUT2D eigenvalue weighted by Crippen LogP contribution is 2.23. The fourth-order valence-corrected chi connectivity index (χ4v) is 1.56. The van der Waals surface area contributed by atoms with Gasteiger partial charge in [-0.2, -0.15) is 0 Å². The minimum Gasteiger partial charge on any atom is -0.398 e. The van der Waals surface area contributed by atoms with Crippen molar-refractivity contribution in [1.29, 1.82) is 0 Å². The van der Waals surface area contributed by atoms with E-state index in [0.717, 1.165) is 6.42 Å². The molecular weight excluding hydrogens is 212 g/mol. The van der Waals surface area contributed by atoms with Gasteiger partial charge in [0, 0.05) is 13.6 Å². The van der Waals surface area contributed by atoms with Crippen molar-refractivity contribution in [3.8, 4) is 0 Å². The highest BCUT2D eigenvalue weighted by Gasteiger charge is 2.15. The Hall–Kier alpha value is -1.22. The number of halogens is 1. The molecule has 0 unspecified atom stereocenters. The normalized spacial score (nSPS) is 10.1. The summed E-state index contributed by atoms with van der Waals surface area (Å²) in [5, 5.41) is 0.338. The second kappa shape index (κ2) is 5.03. The summed E-state index contributed by atoms with van der Waals surface area (Å²) >= 11 is 5.96. The third-order valence-corrected chi connectivity index (χ3v) is 2.59. The molecule has 1 aromatic rings. The van der Waals surface area contributed by atoms with Crippen molar-refractivity contribution in [2.75, 3.05) is 19.3 Å². The summed E-state index contributed by atoms with van der Waals surface area (Å²) in [4.78, 5) is 13.5. The predicted octanol–water partition coefficient (Wildman–Crippen LogP) is 2.40. The number of hydrogen-bond acceptors (Lipinski definition) is 2. The summed E-state index contributed by atoms with van der Waals surface area (Å²) in [6, 6.07) is 5.10. The minimum absolute atomic E-state index is 0.0887. The molecule has 15 heavy (non-hydrogen) atoms. The van der Waals surface area contributed by atoms with Gasteiger partial charge in [0.15, 0.2) is 0 Å². The molecule has 1 amide bonds. The Morgan fingerprint density at radius 3 is 2.80 bits per heavy atom. The van der Waals surface area contributed by atoms with Gasteiger partial charge in [-0.05, 0) is 18.6 Å². The third-order valence-electron chi connectivity index (χ3n) is 2.16. The van der Waals surface area contributed by atoms with Gasteiger partial charge < -0.3 is 10.6 Å². The molecule has 0 bridgehead atoms. The molecule has 82 valence electrons. The summed E-state index contributed by atoms with van der Waals surface area (Å²) in [5.74, 6) is -0.0887. The number of benzene rings is 1. The molecule has 0 radical (unpaired) electrons. The van der Waals surface area contributed by atoms with Gasteiger partial charge in [0.1, 0.15) is 0 Å². The second-order valence-corrected chi connectivity index (χ2v) is 3.81. The number of hydrogen-bond donors (Lipinski definition) is 1. The van der Waals surface area contributed by atoms with Crippen molar-refractivity contribution in [3.05, 3.63) is 28.8 Å². The SMILES string of the molecule is CCCN(C)C(=O)c1cccc(N)c1Cl. The Balaban J connectivity index is 2.96. The van der Waals surface area contributed by atoms with E-state index in [9.17, 15) is 4.79 Å². The van der Waals surface area contributed by atoms with Gasteiger partial charge in [0.25, 0.3) is 5.91 Å². The second-order valence-electron chi connectivity index (χ2n) is 3.44. The molecule has 3 nitrogen and oxygen atoms in total. The van der Waals surface area contributed by atoms with E-state index in [1.807, 2.05) is 6.92 Å². The molecule has 0 aliphatic heterocycles. The van der Waals surface area contributed by atoms with Gasteiger partial charge in [0.2, 0.25) is 0 Å². The van der Waals surface area contributed by atoms with Crippen LogP contribution in [0.2, 0.25) is 5.02 Å². The van der Waals surface area contributed by atoms with E-state index in [0.29, 0.717) is 22.8 Å². The summed E-state index contributed by atoms with van der Waals surface area (Å²) in [5.41, 5.74) is 6.53. The van der Waals surface area contributed by atoms with Crippen LogP contribution in [0, 0.1) is 0 Å². The maximum absolute atomic E-state index is 11.9. The van der Waals surface area contributed by atoms with Gasteiger partial charge in [-0.1, -0.05) is 24.6 Å². The zero-order chi connectivity index (χ0) is 11.4. The summed E-state index contributed by atoms with van der Waals surface area (Å²) in [7, 11) is 1.76. The molecule has 0 spiro atoms. The Morgan fingerprint density at radius 1 is 1.53 bits per heavy atom. The molecular formula is C11H15ClN2O. The molecule has 0 atom stereocenters. The molecule has 0 heterocycles. The van der Waals surface area contributed by atoms with E-state index < -0.39 is 0 Å². The Morgan fingerprint density at radius 2 is 2.20 bits per heavy atom. The maximum Gasteiger partial charge on any atom is 0.255 e. The predicted molar refractivity (Wildman–Crippen MR) is 63.1 cm³/mol. The number of carbonyl (C=O) groups excluding carboxylic acids is 1. The highest BCUT2D eigenvalue weighted by molar-refractivity contribution is 6.36. The third kappa shape index (κ3) is 2.63. The molecule has 2 N–H and O–H groups in total. The highest BCUT2D eigenvalue weighted by atomic mass is 35.5. The van der Waals surface area contributed by atoms with Crippen LogP contribution in [0.3, 0.4) is 0 Å². The molecule has 4 heteroatoms. The first-order valence-electron chi connectivity index (χ1n) is 4.87. The van der Waals surface area contributed by atoms with Crippen LogP contribution in [0.15, 0.2) is 18.2 Å². The fourth-order valence-electron chi connectivity index (χ4n) is 1.36. The Bertz CT molecular complexity index is 366. The fraction of sp³-hybridized carbons (Fsp3) is 0.364. The Labute approximate surface area is 94.8 Å². The van der Waals surface area contributed by atoms with Crippen molar-refractivity contribution in [3.63, 3.8) is 0 Å². The van der Waals surface area contributed by atoms with Crippen molar-refractivity contribution in [2.24, 2.45) is 0 Å². The lowest BCUT2D eigenvalue weighted by molar-refractivity contribution is 0.0795. The molecule has 0 saturated carbocycles. The number of amides is 1. The first kappa shape index (κ1) is 11.9. The van der Waals surface area contributed by atoms with Gasteiger partial charge in [0.05, 0.1) is 16.3 Å². The lowest BCUT2D eigenvalue weighted by Crippen LogP contribution is -2.27. The van der Waals surface area contributed by atoms with Crippen LogP contribution >= 0.6 is 11.6 Å². The van der Waals surface area contributed by atoms with Crippen molar-refractivity contribution >= 4 is 23.2 Å². The van der Waals surface area contributed by atoms with Gasteiger partial charge in [-0.25, -0.2) is 0 Å². The van der Waals surface area contributed by atoms with Crippen molar-refractivity contribution < 1.29 is 4.79 Å². The lowest BCUT2D eigenvalue weighted by atomic mass is 10.1. The molecule has 0 fully saturated rings. The summed E-state index contributed by atoms with van der Waals surface area (Å²) < 4.78 is 0. The van der Waals surface area contributed by atoms with Gasteiger partial charge in [-0.3, -0.25) is 4.79 Å². The number of anilines is 1. The number of nitrogen functional groups attached to an aromatic ring is 1. The smallest absolute Gasteiger partial charge is 0.255 e. The first-order chi connectivity index (χ1) is 7.07. The zero-order valence-electron chi connectivity index (χ0n) is 8.96. The van der Waals surface area contributed by atoms with Crippen LogP contribution in [-0.2, 0) is 0 Å². The van der Waals surface area contributed by atoms with Gasteiger partial charge in [-0.15, -0.1) is 0 Å². The number of nitrogens with two attached hydrogens (primary N) is 1. The number of rotatable bonds is 3. The van der Waals surface area contributed by atoms with Crippen LogP contribution in [0.25, 0.3) is 0 Å². The van der Waals surface area contributed by atoms with Crippen molar-refractivity contribution in [2.45, 2.75) is 13.3 Å². The molecule has 0 aliphatic carbocycles.